The first-order valence-corrected chi connectivity index (χ1v) is 23.3. The van der Waals surface area contributed by atoms with Gasteiger partial charge >= 0.3 is 0 Å². The van der Waals surface area contributed by atoms with E-state index in [1.54, 1.807) is 0 Å². The summed E-state index contributed by atoms with van der Waals surface area (Å²) >= 11 is 2.00. The third-order valence-electron chi connectivity index (χ3n) is 14.2. The molecule has 0 spiro atoms. The van der Waals surface area contributed by atoms with Gasteiger partial charge in [-0.05, 0) is 153 Å². The highest BCUT2D eigenvalue weighted by molar-refractivity contribution is 7.33. The first kappa shape index (κ1) is 39.1. The first-order chi connectivity index (χ1) is 28.7. The lowest BCUT2D eigenvalue weighted by atomic mass is 9.36. The molecule has 2 nitrogen and oxygen atoms in total. The maximum atomic E-state index is 2.64. The Hall–Kier alpha value is -5.06. The molecule has 7 aromatic rings. The molecule has 302 valence electrons. The number of aryl methyl sites for hydroxylation is 3. The van der Waals surface area contributed by atoms with Crippen LogP contribution in [-0.4, -0.2) is 6.71 Å². The Morgan fingerprint density at radius 2 is 1.27 bits per heavy atom. The molecule has 0 bridgehead atoms. The second kappa shape index (κ2) is 14.0. The summed E-state index contributed by atoms with van der Waals surface area (Å²) < 4.78 is 2.79. The predicted molar refractivity (Wildman–Crippen MR) is 263 cm³/mol. The van der Waals surface area contributed by atoms with Crippen molar-refractivity contribution in [3.63, 3.8) is 0 Å². The standard InChI is InChI=1S/C56H59BN2S/c1-11-35-19-26-42(27-20-35)58-48-17-14-18-49-51(48)57(53-52(58)44-33-40(55(6,7)8)25-30-50(44)60-53)45-34-41(56(9,10)12-2)24-29-47(45)59(49)46-28-23-39(54(3,4)5)32-43(46)38-22-21-36-15-13-16-37(36)31-38/h14,17-34H,11-13,15-16H2,1-10H3. The van der Waals surface area contributed by atoms with Gasteiger partial charge in [-0.2, -0.15) is 0 Å². The fourth-order valence-electron chi connectivity index (χ4n) is 10.1. The molecule has 0 atom stereocenters. The monoisotopic (exact) mass is 802 g/mol. The molecule has 0 unspecified atom stereocenters. The minimum Gasteiger partial charge on any atom is -0.311 e. The highest BCUT2D eigenvalue weighted by Crippen LogP contribution is 2.50. The topological polar surface area (TPSA) is 6.48 Å². The van der Waals surface area contributed by atoms with E-state index in [1.165, 1.54) is 117 Å². The molecule has 4 heteroatoms. The minimum absolute atomic E-state index is 0.0136. The molecule has 1 aromatic heterocycles. The van der Waals surface area contributed by atoms with E-state index >= 15 is 0 Å². The molecule has 0 amide bonds. The summed E-state index contributed by atoms with van der Waals surface area (Å²) in [6, 6.07) is 45.8. The van der Waals surface area contributed by atoms with Crippen molar-refractivity contribution in [2.75, 3.05) is 9.80 Å². The summed E-state index contributed by atoms with van der Waals surface area (Å²) in [7, 11) is 0. The van der Waals surface area contributed by atoms with Gasteiger partial charge in [-0.3, -0.25) is 0 Å². The Bertz CT molecular complexity index is 2830. The average molecular weight is 803 g/mol. The van der Waals surface area contributed by atoms with Gasteiger partial charge in [-0.25, -0.2) is 0 Å². The summed E-state index contributed by atoms with van der Waals surface area (Å²) in [5, 5.41) is 1.35. The lowest BCUT2D eigenvalue weighted by molar-refractivity contribution is 0.506. The molecule has 10 rings (SSSR count). The Kier molecular flexibility index (Phi) is 9.12. The smallest absolute Gasteiger partial charge is 0.264 e. The highest BCUT2D eigenvalue weighted by atomic mass is 32.1. The fourth-order valence-corrected chi connectivity index (χ4v) is 11.4. The molecule has 6 aromatic carbocycles. The summed E-state index contributed by atoms with van der Waals surface area (Å²) in [6.45, 7) is 23.5. The molecule has 0 saturated heterocycles. The predicted octanol–water partition coefficient (Wildman–Crippen LogP) is 14.0. The third-order valence-corrected chi connectivity index (χ3v) is 15.5. The van der Waals surface area contributed by atoms with Crippen LogP contribution in [0.1, 0.15) is 115 Å². The number of anilines is 6. The molecule has 1 aliphatic carbocycles. The molecule has 0 N–H and O–H groups in total. The Labute approximate surface area is 363 Å². The Morgan fingerprint density at radius 1 is 0.600 bits per heavy atom. The van der Waals surface area contributed by atoms with Crippen molar-refractivity contribution in [1.29, 1.82) is 0 Å². The van der Waals surface area contributed by atoms with Crippen molar-refractivity contribution in [1.82, 2.24) is 0 Å². The second-order valence-corrected chi connectivity index (χ2v) is 21.5. The summed E-state index contributed by atoms with van der Waals surface area (Å²) in [6.07, 6.45) is 5.69. The van der Waals surface area contributed by atoms with E-state index in [0.717, 1.165) is 19.3 Å². The van der Waals surface area contributed by atoms with Crippen molar-refractivity contribution < 1.29 is 0 Å². The van der Waals surface area contributed by atoms with E-state index in [-0.39, 0.29) is 23.0 Å². The zero-order valence-electron chi connectivity index (χ0n) is 37.4. The van der Waals surface area contributed by atoms with Gasteiger partial charge in [-0.15, -0.1) is 11.3 Å². The van der Waals surface area contributed by atoms with E-state index in [2.05, 4.69) is 194 Å². The van der Waals surface area contributed by atoms with Crippen molar-refractivity contribution in [2.24, 2.45) is 0 Å². The third kappa shape index (κ3) is 6.19. The maximum Gasteiger partial charge on any atom is 0.264 e. The number of fused-ring (bicyclic) bond motifs is 7. The number of hydrogen-bond acceptors (Lipinski definition) is 3. The highest BCUT2D eigenvalue weighted by Gasteiger charge is 2.46. The number of hydrogen-bond donors (Lipinski definition) is 0. The number of thiophene rings is 1. The van der Waals surface area contributed by atoms with Crippen LogP contribution in [0.15, 0.2) is 115 Å². The van der Waals surface area contributed by atoms with E-state index in [0.29, 0.717) is 0 Å². The SMILES string of the molecule is CCc1ccc(N2c3cccc4c3B(c3cc(C(C)(C)CC)ccc3N4c3ccc(C(C)(C)C)cc3-c3ccc4c(c3)CCC4)c3sc4ccc(C(C)(C)C)cc4c32)cc1. The second-order valence-electron chi connectivity index (χ2n) is 20.4. The molecular formula is C56H59BN2S. The normalized spacial score (nSPS) is 14.7. The van der Waals surface area contributed by atoms with Crippen LogP contribution in [0.2, 0.25) is 0 Å². The summed E-state index contributed by atoms with van der Waals surface area (Å²) in [5.41, 5.74) is 21.6. The Morgan fingerprint density at radius 3 is 1.98 bits per heavy atom. The van der Waals surface area contributed by atoms with Gasteiger partial charge in [0.05, 0.1) is 11.4 Å². The van der Waals surface area contributed by atoms with Crippen LogP contribution in [0.25, 0.3) is 21.2 Å². The van der Waals surface area contributed by atoms with Crippen LogP contribution in [0.3, 0.4) is 0 Å². The summed E-state index contributed by atoms with van der Waals surface area (Å²) in [5.74, 6) is 0. The molecule has 60 heavy (non-hydrogen) atoms. The average Bonchev–Trinajstić information content (AvgIpc) is 3.87. The first-order valence-electron chi connectivity index (χ1n) is 22.5. The largest absolute Gasteiger partial charge is 0.311 e. The zero-order chi connectivity index (χ0) is 41.9. The molecular weight excluding hydrogens is 744 g/mol. The Balaban J connectivity index is 1.30. The zero-order valence-corrected chi connectivity index (χ0v) is 38.2. The number of rotatable bonds is 6. The molecule has 0 saturated carbocycles. The number of nitrogens with zero attached hydrogens (tertiary/aromatic N) is 2. The van der Waals surface area contributed by atoms with E-state index in [4.69, 9.17) is 0 Å². The van der Waals surface area contributed by atoms with Crippen molar-refractivity contribution in [2.45, 2.75) is 118 Å². The minimum atomic E-state index is 0.0136. The molecule has 3 heterocycles. The van der Waals surface area contributed by atoms with Crippen molar-refractivity contribution >= 4 is 78.0 Å². The van der Waals surface area contributed by atoms with Crippen LogP contribution in [-0.2, 0) is 35.5 Å². The number of benzene rings is 6. The molecule has 0 radical (unpaired) electrons. The molecule has 2 aliphatic heterocycles. The van der Waals surface area contributed by atoms with Gasteiger partial charge < -0.3 is 9.80 Å². The van der Waals surface area contributed by atoms with Crippen LogP contribution in [0.5, 0.6) is 0 Å². The van der Waals surface area contributed by atoms with Gasteiger partial charge in [0.25, 0.3) is 6.71 Å². The quantitative estimate of drug-likeness (QED) is 0.155. The van der Waals surface area contributed by atoms with Gasteiger partial charge in [0.1, 0.15) is 0 Å². The lowest BCUT2D eigenvalue weighted by Gasteiger charge is -2.44. The van der Waals surface area contributed by atoms with Crippen molar-refractivity contribution in [3.05, 3.63) is 149 Å². The van der Waals surface area contributed by atoms with Crippen molar-refractivity contribution in [3.8, 4) is 11.1 Å². The van der Waals surface area contributed by atoms with Gasteiger partial charge in [-0.1, -0.05) is 130 Å². The fraction of sp³-hybridized carbons (Fsp3) is 0.321. The summed E-state index contributed by atoms with van der Waals surface area (Å²) in [4.78, 5) is 5.25. The lowest BCUT2D eigenvalue weighted by Crippen LogP contribution is -2.60. The van der Waals surface area contributed by atoms with Crippen LogP contribution in [0, 0.1) is 0 Å². The van der Waals surface area contributed by atoms with Gasteiger partial charge in [0.2, 0.25) is 0 Å². The van der Waals surface area contributed by atoms with E-state index in [1.807, 2.05) is 11.3 Å². The van der Waals surface area contributed by atoms with Gasteiger partial charge in [0, 0.05) is 43.2 Å². The van der Waals surface area contributed by atoms with Crippen LogP contribution >= 0.6 is 11.3 Å². The molecule has 3 aliphatic rings. The van der Waals surface area contributed by atoms with Crippen LogP contribution < -0.4 is 25.5 Å². The maximum absolute atomic E-state index is 2.64. The van der Waals surface area contributed by atoms with E-state index < -0.39 is 0 Å². The van der Waals surface area contributed by atoms with E-state index in [9.17, 15) is 0 Å². The molecule has 0 fully saturated rings. The van der Waals surface area contributed by atoms with Gasteiger partial charge in [0.15, 0.2) is 0 Å². The van der Waals surface area contributed by atoms with Crippen LogP contribution in [0.4, 0.5) is 34.1 Å².